The first-order valence-electron chi connectivity index (χ1n) is 10.5. The lowest BCUT2D eigenvalue weighted by Crippen LogP contribution is -2.36. The summed E-state index contributed by atoms with van der Waals surface area (Å²) in [5, 5.41) is 2.54. The maximum Gasteiger partial charge on any atom is 0.172 e. The van der Waals surface area contributed by atoms with Gasteiger partial charge in [-0.25, -0.2) is 9.97 Å². The Bertz CT molecular complexity index is 969. The van der Waals surface area contributed by atoms with Gasteiger partial charge in [-0.1, -0.05) is 24.3 Å². The molecule has 2 fully saturated rings. The highest BCUT2D eigenvalue weighted by Gasteiger charge is 2.24. The molecule has 2 saturated heterocycles. The zero-order valence-corrected chi connectivity index (χ0v) is 16.2. The van der Waals surface area contributed by atoms with E-state index in [0.29, 0.717) is 0 Å². The van der Waals surface area contributed by atoms with Crippen molar-refractivity contribution in [1.29, 1.82) is 0 Å². The van der Waals surface area contributed by atoms with Gasteiger partial charge in [-0.2, -0.15) is 0 Å². The van der Waals surface area contributed by atoms with Crippen molar-refractivity contribution in [2.75, 3.05) is 36.0 Å². The molecule has 3 heterocycles. The summed E-state index contributed by atoms with van der Waals surface area (Å²) in [4.78, 5) is 15.4. The minimum Gasteiger partial charge on any atom is -0.354 e. The van der Waals surface area contributed by atoms with Crippen LogP contribution in [0.15, 0.2) is 30.3 Å². The van der Waals surface area contributed by atoms with E-state index in [-0.39, 0.29) is 0 Å². The van der Waals surface area contributed by atoms with Gasteiger partial charge in [-0.15, -0.1) is 0 Å². The SMILES string of the molecule is Cc1c2ccccc2cc2nc(N3CCCCC3)c(N3CCCCC3)nc12. The average molecular weight is 361 g/mol. The highest BCUT2D eigenvalue weighted by atomic mass is 15.3. The van der Waals surface area contributed by atoms with Crippen LogP contribution >= 0.6 is 0 Å². The molecular weight excluding hydrogens is 332 g/mol. The summed E-state index contributed by atoms with van der Waals surface area (Å²) in [5.74, 6) is 2.22. The fourth-order valence-corrected chi connectivity index (χ4v) is 4.68. The average Bonchev–Trinajstić information content (AvgIpc) is 2.74. The summed E-state index contributed by atoms with van der Waals surface area (Å²) in [6.07, 6.45) is 7.71. The van der Waals surface area contributed by atoms with E-state index in [0.717, 1.165) is 48.8 Å². The van der Waals surface area contributed by atoms with Crippen molar-refractivity contribution >= 4 is 33.4 Å². The molecule has 4 nitrogen and oxygen atoms in total. The minimum absolute atomic E-state index is 1.03. The van der Waals surface area contributed by atoms with Crippen LogP contribution in [0.3, 0.4) is 0 Å². The van der Waals surface area contributed by atoms with Gasteiger partial charge in [0.05, 0.1) is 11.0 Å². The highest BCUT2D eigenvalue weighted by molar-refractivity contribution is 6.00. The lowest BCUT2D eigenvalue weighted by molar-refractivity contribution is 0.559. The lowest BCUT2D eigenvalue weighted by Gasteiger charge is -2.34. The molecule has 0 saturated carbocycles. The van der Waals surface area contributed by atoms with Gasteiger partial charge in [0.15, 0.2) is 11.6 Å². The molecule has 0 unspecified atom stereocenters. The first kappa shape index (κ1) is 16.8. The zero-order chi connectivity index (χ0) is 18.2. The Labute approximate surface area is 161 Å². The van der Waals surface area contributed by atoms with Crippen molar-refractivity contribution in [2.45, 2.75) is 45.4 Å². The Morgan fingerprint density at radius 2 is 1.33 bits per heavy atom. The molecule has 3 aromatic rings. The summed E-state index contributed by atoms with van der Waals surface area (Å²) in [7, 11) is 0. The Balaban J connectivity index is 1.72. The molecule has 5 rings (SSSR count). The molecule has 0 N–H and O–H groups in total. The molecule has 0 bridgehead atoms. The summed E-state index contributed by atoms with van der Waals surface area (Å²) >= 11 is 0. The standard InChI is InChI=1S/C23H28N4/c1-17-19-11-5-4-10-18(19)16-20-21(17)25-23(27-14-8-3-9-15-27)22(24-20)26-12-6-2-7-13-26/h4-5,10-11,16H,2-3,6-9,12-15H2,1H3. The van der Waals surface area contributed by atoms with E-state index < -0.39 is 0 Å². The Kier molecular flexibility index (Phi) is 4.35. The molecule has 4 heteroatoms. The molecule has 0 radical (unpaired) electrons. The number of hydrogen-bond donors (Lipinski definition) is 0. The number of piperidine rings is 2. The molecule has 2 aliphatic rings. The number of anilines is 2. The number of rotatable bonds is 2. The first-order chi connectivity index (χ1) is 13.3. The maximum atomic E-state index is 5.25. The molecule has 0 spiro atoms. The van der Waals surface area contributed by atoms with Gasteiger partial charge in [0, 0.05) is 26.2 Å². The smallest absolute Gasteiger partial charge is 0.172 e. The van der Waals surface area contributed by atoms with Gasteiger partial charge in [0.25, 0.3) is 0 Å². The summed E-state index contributed by atoms with van der Waals surface area (Å²) in [6.45, 7) is 6.61. The number of aromatic nitrogens is 2. The second-order valence-corrected chi connectivity index (χ2v) is 8.06. The van der Waals surface area contributed by atoms with E-state index in [4.69, 9.17) is 9.97 Å². The van der Waals surface area contributed by atoms with Crippen LogP contribution in [0, 0.1) is 6.92 Å². The second kappa shape index (κ2) is 6.99. The minimum atomic E-state index is 1.03. The van der Waals surface area contributed by atoms with Gasteiger partial charge in [-0.3, -0.25) is 0 Å². The van der Waals surface area contributed by atoms with E-state index in [1.807, 2.05) is 0 Å². The summed E-state index contributed by atoms with van der Waals surface area (Å²) in [6, 6.07) is 10.8. The van der Waals surface area contributed by atoms with Crippen molar-refractivity contribution in [3.05, 3.63) is 35.9 Å². The largest absolute Gasteiger partial charge is 0.354 e. The molecular formula is C23H28N4. The molecule has 1 aromatic heterocycles. The van der Waals surface area contributed by atoms with Crippen LogP contribution in [-0.2, 0) is 0 Å². The monoisotopic (exact) mass is 360 g/mol. The molecule has 0 atom stereocenters. The number of fused-ring (bicyclic) bond motifs is 2. The quantitative estimate of drug-likeness (QED) is 0.597. The summed E-state index contributed by atoms with van der Waals surface area (Å²) in [5.41, 5.74) is 3.35. The zero-order valence-electron chi connectivity index (χ0n) is 16.2. The van der Waals surface area contributed by atoms with Gasteiger partial charge < -0.3 is 9.80 Å². The van der Waals surface area contributed by atoms with E-state index in [2.05, 4.69) is 47.1 Å². The van der Waals surface area contributed by atoms with Crippen molar-refractivity contribution in [1.82, 2.24) is 9.97 Å². The predicted octanol–water partition coefficient (Wildman–Crippen LogP) is 5.07. The van der Waals surface area contributed by atoms with Crippen molar-refractivity contribution in [3.8, 4) is 0 Å². The van der Waals surface area contributed by atoms with Gasteiger partial charge in [-0.05, 0) is 67.9 Å². The Morgan fingerprint density at radius 1 is 0.741 bits per heavy atom. The number of hydrogen-bond acceptors (Lipinski definition) is 4. The van der Waals surface area contributed by atoms with Crippen molar-refractivity contribution < 1.29 is 0 Å². The van der Waals surface area contributed by atoms with Crippen molar-refractivity contribution in [2.24, 2.45) is 0 Å². The molecule has 140 valence electrons. The third-order valence-corrected chi connectivity index (χ3v) is 6.21. The Hall–Kier alpha value is -2.36. The predicted molar refractivity (Wildman–Crippen MR) is 114 cm³/mol. The van der Waals surface area contributed by atoms with Crippen LogP contribution in [0.2, 0.25) is 0 Å². The summed E-state index contributed by atoms with van der Waals surface area (Å²) < 4.78 is 0. The lowest BCUT2D eigenvalue weighted by atomic mass is 10.0. The van der Waals surface area contributed by atoms with Crippen molar-refractivity contribution in [3.63, 3.8) is 0 Å². The van der Waals surface area contributed by atoms with Crippen LogP contribution in [0.5, 0.6) is 0 Å². The first-order valence-corrected chi connectivity index (χ1v) is 10.5. The highest BCUT2D eigenvalue weighted by Crippen LogP contribution is 2.34. The van der Waals surface area contributed by atoms with E-state index in [1.54, 1.807) is 0 Å². The van der Waals surface area contributed by atoms with Gasteiger partial charge in [0.1, 0.15) is 0 Å². The number of benzene rings is 2. The van der Waals surface area contributed by atoms with Crippen LogP contribution in [0.4, 0.5) is 11.6 Å². The fraction of sp³-hybridized carbons (Fsp3) is 0.478. The van der Waals surface area contributed by atoms with Crippen LogP contribution < -0.4 is 9.80 Å². The number of nitrogens with zero attached hydrogens (tertiary/aromatic N) is 4. The Morgan fingerprint density at radius 3 is 2.00 bits per heavy atom. The normalized spacial score (nSPS) is 18.4. The second-order valence-electron chi connectivity index (χ2n) is 8.06. The van der Waals surface area contributed by atoms with E-state index in [9.17, 15) is 0 Å². The van der Waals surface area contributed by atoms with Crippen LogP contribution in [0.25, 0.3) is 21.8 Å². The van der Waals surface area contributed by atoms with Gasteiger partial charge >= 0.3 is 0 Å². The molecule has 0 amide bonds. The molecule has 2 aromatic carbocycles. The fourth-order valence-electron chi connectivity index (χ4n) is 4.68. The topological polar surface area (TPSA) is 32.3 Å². The van der Waals surface area contributed by atoms with Gasteiger partial charge in [0.2, 0.25) is 0 Å². The van der Waals surface area contributed by atoms with Crippen LogP contribution in [-0.4, -0.2) is 36.1 Å². The molecule has 27 heavy (non-hydrogen) atoms. The third kappa shape index (κ3) is 3.01. The van der Waals surface area contributed by atoms with Crippen LogP contribution in [0.1, 0.15) is 44.1 Å². The molecule has 0 aliphatic carbocycles. The number of aryl methyl sites for hydroxylation is 1. The van der Waals surface area contributed by atoms with E-state index in [1.165, 1.54) is 54.9 Å². The molecule has 2 aliphatic heterocycles. The van der Waals surface area contributed by atoms with E-state index >= 15 is 0 Å². The maximum absolute atomic E-state index is 5.25. The third-order valence-electron chi connectivity index (χ3n) is 6.21.